The zero-order chi connectivity index (χ0) is 14.6. The van der Waals surface area contributed by atoms with Crippen LogP contribution in [-0.4, -0.2) is 17.8 Å². The minimum Gasteiger partial charge on any atom is -0.392 e. The van der Waals surface area contributed by atoms with E-state index in [0.29, 0.717) is 12.5 Å². The summed E-state index contributed by atoms with van der Waals surface area (Å²) < 4.78 is 0. The van der Waals surface area contributed by atoms with Crippen LogP contribution in [0.3, 0.4) is 0 Å². The van der Waals surface area contributed by atoms with Crippen LogP contribution in [-0.2, 0) is 11.8 Å². The molecule has 0 radical (unpaired) electrons. The van der Waals surface area contributed by atoms with Gasteiger partial charge in [0.15, 0.2) is 0 Å². The molecule has 0 heterocycles. The van der Waals surface area contributed by atoms with Gasteiger partial charge in [0.25, 0.3) is 0 Å². The van der Waals surface area contributed by atoms with Crippen molar-refractivity contribution in [1.29, 1.82) is 0 Å². The summed E-state index contributed by atoms with van der Waals surface area (Å²) in [4.78, 5) is 0. The van der Waals surface area contributed by atoms with Crippen LogP contribution in [0.25, 0.3) is 0 Å². The molecule has 0 spiro atoms. The summed E-state index contributed by atoms with van der Waals surface area (Å²) in [7, 11) is 0. The molecule has 0 saturated heterocycles. The summed E-state index contributed by atoms with van der Waals surface area (Å²) >= 11 is 0. The van der Waals surface area contributed by atoms with Crippen LogP contribution in [0, 0.1) is 0 Å². The van der Waals surface area contributed by atoms with Crippen LogP contribution >= 0.6 is 0 Å². The van der Waals surface area contributed by atoms with Crippen molar-refractivity contribution in [2.45, 2.75) is 64.9 Å². The molecule has 2 unspecified atom stereocenters. The molecule has 0 saturated carbocycles. The maximum Gasteiger partial charge on any atom is 0.0668 e. The van der Waals surface area contributed by atoms with Gasteiger partial charge < -0.3 is 10.8 Å². The molecule has 1 aromatic rings. The van der Waals surface area contributed by atoms with E-state index in [1.165, 1.54) is 16.7 Å². The van der Waals surface area contributed by atoms with Gasteiger partial charge in [0.05, 0.1) is 6.10 Å². The van der Waals surface area contributed by atoms with E-state index >= 15 is 0 Å². The third-order valence-corrected chi connectivity index (χ3v) is 3.82. The average molecular weight is 263 g/mol. The number of nitrogens with two attached hydrogens (primary N) is 1. The minimum atomic E-state index is -0.405. The second-order valence-electron chi connectivity index (χ2n) is 6.54. The molecule has 1 rings (SSSR count). The molecule has 108 valence electrons. The zero-order valence-electron chi connectivity index (χ0n) is 13.0. The Labute approximate surface area is 118 Å². The molecule has 0 aliphatic carbocycles. The van der Waals surface area contributed by atoms with Gasteiger partial charge in [-0.2, -0.15) is 0 Å². The third-order valence-electron chi connectivity index (χ3n) is 3.82. The van der Waals surface area contributed by atoms with Crippen LogP contribution in [0.1, 0.15) is 63.6 Å². The van der Waals surface area contributed by atoms with Crippen molar-refractivity contribution in [2.24, 2.45) is 5.73 Å². The van der Waals surface area contributed by atoms with Gasteiger partial charge in [0.2, 0.25) is 0 Å². The summed E-state index contributed by atoms with van der Waals surface area (Å²) in [6.07, 6.45) is 1.36. The summed E-state index contributed by atoms with van der Waals surface area (Å²) in [6, 6.07) is 6.78. The van der Waals surface area contributed by atoms with E-state index in [1.807, 2.05) is 0 Å². The predicted octanol–water partition coefficient (Wildman–Crippen LogP) is 3.36. The standard InChI is InChI=1S/C17H29NO/c1-6-13-7-8-14(17(3,4)5)10-16(13)12(2)9-15(19)11-18/h7-8,10,12,15,19H,6,9,11,18H2,1-5H3. The Morgan fingerprint density at radius 3 is 2.37 bits per heavy atom. The lowest BCUT2D eigenvalue weighted by Crippen LogP contribution is -2.22. The second-order valence-corrected chi connectivity index (χ2v) is 6.54. The summed E-state index contributed by atoms with van der Waals surface area (Å²) in [5, 5.41) is 9.76. The van der Waals surface area contributed by atoms with E-state index in [1.54, 1.807) is 0 Å². The van der Waals surface area contributed by atoms with E-state index in [4.69, 9.17) is 5.73 Å². The van der Waals surface area contributed by atoms with Crippen LogP contribution in [0.15, 0.2) is 18.2 Å². The highest BCUT2D eigenvalue weighted by Crippen LogP contribution is 2.30. The van der Waals surface area contributed by atoms with E-state index in [0.717, 1.165) is 12.8 Å². The largest absolute Gasteiger partial charge is 0.392 e. The van der Waals surface area contributed by atoms with Gasteiger partial charge in [-0.15, -0.1) is 0 Å². The highest BCUT2D eigenvalue weighted by Gasteiger charge is 2.19. The van der Waals surface area contributed by atoms with Gasteiger partial charge in [-0.1, -0.05) is 52.8 Å². The molecule has 3 N–H and O–H groups in total. The van der Waals surface area contributed by atoms with Gasteiger partial charge in [-0.25, -0.2) is 0 Å². The first kappa shape index (κ1) is 16.2. The van der Waals surface area contributed by atoms with Gasteiger partial charge in [0.1, 0.15) is 0 Å². The van der Waals surface area contributed by atoms with Gasteiger partial charge in [-0.3, -0.25) is 0 Å². The van der Waals surface area contributed by atoms with Crippen molar-refractivity contribution < 1.29 is 5.11 Å². The molecule has 2 heteroatoms. The average Bonchev–Trinajstić information content (AvgIpc) is 2.36. The molecule has 2 atom stereocenters. The summed E-state index contributed by atoms with van der Waals surface area (Å²) in [5.74, 6) is 0.343. The van der Waals surface area contributed by atoms with E-state index in [-0.39, 0.29) is 5.41 Å². The quantitative estimate of drug-likeness (QED) is 0.855. The number of aliphatic hydroxyl groups excluding tert-OH is 1. The van der Waals surface area contributed by atoms with Crippen molar-refractivity contribution in [3.63, 3.8) is 0 Å². The topological polar surface area (TPSA) is 46.2 Å². The number of aliphatic hydroxyl groups is 1. The van der Waals surface area contributed by atoms with Crippen molar-refractivity contribution in [3.05, 3.63) is 34.9 Å². The Morgan fingerprint density at radius 1 is 1.26 bits per heavy atom. The normalized spacial score (nSPS) is 15.3. The molecule has 0 aliphatic rings. The molecule has 19 heavy (non-hydrogen) atoms. The Hall–Kier alpha value is -0.860. The molecular formula is C17H29NO. The highest BCUT2D eigenvalue weighted by atomic mass is 16.3. The van der Waals surface area contributed by atoms with Crippen LogP contribution < -0.4 is 5.73 Å². The number of benzene rings is 1. The lowest BCUT2D eigenvalue weighted by molar-refractivity contribution is 0.165. The van der Waals surface area contributed by atoms with Crippen molar-refractivity contribution in [2.75, 3.05) is 6.54 Å². The molecule has 0 fully saturated rings. The summed E-state index contributed by atoms with van der Waals surface area (Å²) in [5.41, 5.74) is 9.78. The van der Waals surface area contributed by atoms with Gasteiger partial charge >= 0.3 is 0 Å². The number of hydrogen-bond donors (Lipinski definition) is 2. The van der Waals surface area contributed by atoms with Crippen LogP contribution in [0.4, 0.5) is 0 Å². The highest BCUT2D eigenvalue weighted by molar-refractivity contribution is 5.37. The molecule has 0 bridgehead atoms. The molecule has 2 nitrogen and oxygen atoms in total. The molecule has 0 aromatic heterocycles. The van der Waals surface area contributed by atoms with Gasteiger partial charge in [-0.05, 0) is 40.9 Å². The third kappa shape index (κ3) is 4.32. The Bertz CT molecular complexity index is 406. The lowest BCUT2D eigenvalue weighted by atomic mass is 9.81. The van der Waals surface area contributed by atoms with Crippen molar-refractivity contribution in [3.8, 4) is 0 Å². The van der Waals surface area contributed by atoms with Crippen LogP contribution in [0.2, 0.25) is 0 Å². The first-order valence-electron chi connectivity index (χ1n) is 7.31. The van der Waals surface area contributed by atoms with E-state index < -0.39 is 6.10 Å². The summed E-state index contributed by atoms with van der Waals surface area (Å²) in [6.45, 7) is 11.4. The minimum absolute atomic E-state index is 0.160. The van der Waals surface area contributed by atoms with Gasteiger partial charge in [0, 0.05) is 6.54 Å². The maximum atomic E-state index is 9.76. The fraction of sp³-hybridized carbons (Fsp3) is 0.647. The SMILES string of the molecule is CCc1ccc(C(C)(C)C)cc1C(C)CC(O)CN. The van der Waals surface area contributed by atoms with Crippen LogP contribution in [0.5, 0.6) is 0 Å². The lowest BCUT2D eigenvalue weighted by Gasteiger charge is -2.24. The monoisotopic (exact) mass is 263 g/mol. The fourth-order valence-corrected chi connectivity index (χ4v) is 2.47. The van der Waals surface area contributed by atoms with Crippen molar-refractivity contribution in [1.82, 2.24) is 0 Å². The zero-order valence-corrected chi connectivity index (χ0v) is 13.0. The smallest absolute Gasteiger partial charge is 0.0668 e. The first-order valence-corrected chi connectivity index (χ1v) is 7.31. The van der Waals surface area contributed by atoms with Crippen molar-refractivity contribution >= 4 is 0 Å². The first-order chi connectivity index (χ1) is 8.79. The Kier molecular flexibility index (Phi) is 5.57. The van der Waals surface area contributed by atoms with E-state index in [2.05, 4.69) is 52.8 Å². The number of rotatable bonds is 5. The molecule has 0 amide bonds. The predicted molar refractivity (Wildman–Crippen MR) is 82.6 cm³/mol. The number of hydrogen-bond acceptors (Lipinski definition) is 2. The Morgan fingerprint density at radius 2 is 1.89 bits per heavy atom. The molecular weight excluding hydrogens is 234 g/mol. The Balaban J connectivity index is 3.08. The number of aryl methyl sites for hydroxylation is 1. The maximum absolute atomic E-state index is 9.76. The molecule has 1 aromatic carbocycles. The molecule has 0 aliphatic heterocycles. The fourth-order valence-electron chi connectivity index (χ4n) is 2.47. The second kappa shape index (κ2) is 6.53. The van der Waals surface area contributed by atoms with E-state index in [9.17, 15) is 5.11 Å².